The number of rotatable bonds is 8. The molecule has 0 bridgehead atoms. The van der Waals surface area contributed by atoms with Crippen LogP contribution in [0, 0.1) is 13.8 Å². The highest BCUT2D eigenvalue weighted by Crippen LogP contribution is 2.32. The van der Waals surface area contributed by atoms with E-state index in [1.165, 1.54) is 5.56 Å². The molecule has 1 N–H and O–H groups in total. The molecule has 5 nitrogen and oxygen atoms in total. The van der Waals surface area contributed by atoms with Gasteiger partial charge in [-0.1, -0.05) is 37.1 Å². The third-order valence-electron chi connectivity index (χ3n) is 5.98. The number of aryl methyl sites for hydroxylation is 3. The van der Waals surface area contributed by atoms with E-state index in [-0.39, 0.29) is 29.5 Å². The smallest absolute Gasteiger partial charge is 0.262 e. The number of nitrogens with one attached hydrogen (secondary N) is 1. The Bertz CT molecular complexity index is 1410. The van der Waals surface area contributed by atoms with Crippen molar-refractivity contribution in [2.75, 3.05) is 11.9 Å². The number of unbranched alkanes of at least 4 members (excludes halogenated alkanes) is 1. The summed E-state index contributed by atoms with van der Waals surface area (Å²) < 4.78 is 11.9. The van der Waals surface area contributed by atoms with Crippen molar-refractivity contribution in [2.45, 2.75) is 40.0 Å². The normalized spacial score (nSPS) is 11.0. The summed E-state index contributed by atoms with van der Waals surface area (Å²) in [4.78, 5) is 26.0. The number of anilines is 1. The van der Waals surface area contributed by atoms with E-state index in [1.54, 1.807) is 30.3 Å². The molecule has 1 amide bonds. The van der Waals surface area contributed by atoms with Gasteiger partial charge in [0.25, 0.3) is 5.91 Å². The molecule has 4 rings (SSSR count). The van der Waals surface area contributed by atoms with Gasteiger partial charge in [-0.15, -0.1) is 0 Å². The summed E-state index contributed by atoms with van der Waals surface area (Å²) in [7, 11) is 0. The zero-order chi connectivity index (χ0) is 24.9. The van der Waals surface area contributed by atoms with Crippen LogP contribution in [0.1, 0.15) is 36.5 Å². The first-order valence-electron chi connectivity index (χ1n) is 11.7. The number of carbonyl (C=O) groups is 1. The van der Waals surface area contributed by atoms with Gasteiger partial charge in [-0.3, -0.25) is 9.59 Å². The van der Waals surface area contributed by atoms with Crippen LogP contribution in [0.5, 0.6) is 5.75 Å². The van der Waals surface area contributed by atoms with Gasteiger partial charge in [0.1, 0.15) is 5.58 Å². The van der Waals surface area contributed by atoms with Crippen molar-refractivity contribution in [3.8, 4) is 17.1 Å². The maximum absolute atomic E-state index is 13.4. The van der Waals surface area contributed by atoms with E-state index in [4.69, 9.17) is 20.8 Å². The number of carbonyl (C=O) groups excluding carboxylic acids is 1. The van der Waals surface area contributed by atoms with Gasteiger partial charge in [0.15, 0.2) is 12.4 Å². The summed E-state index contributed by atoms with van der Waals surface area (Å²) in [5.74, 6) is -0.114. The van der Waals surface area contributed by atoms with Crippen LogP contribution in [0.15, 0.2) is 69.9 Å². The second-order valence-corrected chi connectivity index (χ2v) is 9.10. The van der Waals surface area contributed by atoms with Crippen molar-refractivity contribution in [1.29, 1.82) is 0 Å². The van der Waals surface area contributed by atoms with Crippen LogP contribution >= 0.6 is 11.6 Å². The fraction of sp³-hybridized carbons (Fsp3) is 0.241. The zero-order valence-electron chi connectivity index (χ0n) is 20.1. The monoisotopic (exact) mass is 489 g/mol. The Morgan fingerprint density at radius 2 is 1.69 bits per heavy atom. The molecule has 0 aliphatic rings. The fourth-order valence-corrected chi connectivity index (χ4v) is 3.95. The van der Waals surface area contributed by atoms with Gasteiger partial charge >= 0.3 is 0 Å². The van der Waals surface area contributed by atoms with Crippen LogP contribution in [-0.4, -0.2) is 12.5 Å². The summed E-state index contributed by atoms with van der Waals surface area (Å²) in [6.07, 6.45) is 3.27. The van der Waals surface area contributed by atoms with Gasteiger partial charge < -0.3 is 14.5 Å². The van der Waals surface area contributed by atoms with Crippen molar-refractivity contribution < 1.29 is 13.9 Å². The predicted molar refractivity (Wildman–Crippen MR) is 142 cm³/mol. The second-order valence-electron chi connectivity index (χ2n) is 8.67. The molecule has 6 heteroatoms. The van der Waals surface area contributed by atoms with Gasteiger partial charge in [-0.05, 0) is 91.9 Å². The topological polar surface area (TPSA) is 68.5 Å². The van der Waals surface area contributed by atoms with Crippen molar-refractivity contribution in [3.63, 3.8) is 0 Å². The van der Waals surface area contributed by atoms with Crippen molar-refractivity contribution in [3.05, 3.63) is 92.6 Å². The molecule has 0 saturated carbocycles. The zero-order valence-corrected chi connectivity index (χ0v) is 20.9. The summed E-state index contributed by atoms with van der Waals surface area (Å²) in [6, 6.07) is 18.3. The molecular weight excluding hydrogens is 462 g/mol. The first-order chi connectivity index (χ1) is 16.9. The Balaban J connectivity index is 1.61. The minimum Gasteiger partial charge on any atom is -0.476 e. The number of halogens is 1. The quantitative estimate of drug-likeness (QED) is 0.287. The molecule has 0 aliphatic carbocycles. The van der Waals surface area contributed by atoms with Gasteiger partial charge in [0.2, 0.25) is 11.2 Å². The minimum atomic E-state index is -0.368. The van der Waals surface area contributed by atoms with E-state index in [0.29, 0.717) is 27.2 Å². The molecule has 0 atom stereocenters. The SMILES string of the molecule is CCCCc1ccc(NC(=O)COc2c(-c3ccc(Cl)cc3)oc3cc(C)c(C)cc3c2=O)cc1. The first kappa shape index (κ1) is 24.6. The number of fused-ring (bicyclic) bond motifs is 1. The molecule has 0 aliphatic heterocycles. The van der Waals surface area contributed by atoms with Crippen LogP contribution in [0.2, 0.25) is 5.02 Å². The fourth-order valence-electron chi connectivity index (χ4n) is 3.83. The van der Waals surface area contributed by atoms with E-state index >= 15 is 0 Å². The average Bonchev–Trinajstić information content (AvgIpc) is 2.85. The van der Waals surface area contributed by atoms with E-state index in [2.05, 4.69) is 12.2 Å². The Morgan fingerprint density at radius 3 is 2.37 bits per heavy atom. The molecule has 35 heavy (non-hydrogen) atoms. The Labute approximate surface area is 209 Å². The maximum atomic E-state index is 13.4. The van der Waals surface area contributed by atoms with Gasteiger partial charge in [-0.25, -0.2) is 0 Å². The molecule has 0 unspecified atom stereocenters. The molecule has 0 spiro atoms. The third kappa shape index (κ3) is 5.75. The highest BCUT2D eigenvalue weighted by atomic mass is 35.5. The van der Waals surface area contributed by atoms with E-state index in [1.807, 2.05) is 44.2 Å². The molecule has 0 radical (unpaired) electrons. The second kappa shape index (κ2) is 10.8. The summed E-state index contributed by atoms with van der Waals surface area (Å²) in [5, 5.41) is 3.79. The molecule has 4 aromatic rings. The summed E-state index contributed by atoms with van der Waals surface area (Å²) in [6.45, 7) is 5.72. The molecular formula is C29H28ClNO4. The van der Waals surface area contributed by atoms with Crippen LogP contribution in [0.3, 0.4) is 0 Å². The lowest BCUT2D eigenvalue weighted by Gasteiger charge is -2.13. The lowest BCUT2D eigenvalue weighted by molar-refractivity contribution is -0.118. The van der Waals surface area contributed by atoms with E-state index < -0.39 is 0 Å². The molecule has 180 valence electrons. The van der Waals surface area contributed by atoms with E-state index in [0.717, 1.165) is 30.4 Å². The van der Waals surface area contributed by atoms with Crippen molar-refractivity contribution >= 4 is 34.2 Å². The first-order valence-corrected chi connectivity index (χ1v) is 12.1. The average molecular weight is 490 g/mol. The van der Waals surface area contributed by atoms with E-state index in [9.17, 15) is 9.59 Å². The van der Waals surface area contributed by atoms with Gasteiger partial charge in [0.05, 0.1) is 5.39 Å². The largest absolute Gasteiger partial charge is 0.476 e. The Morgan fingerprint density at radius 1 is 1.00 bits per heavy atom. The number of ether oxygens (including phenoxy) is 1. The maximum Gasteiger partial charge on any atom is 0.262 e. The Hall–Kier alpha value is -3.57. The van der Waals surface area contributed by atoms with Crippen LogP contribution in [-0.2, 0) is 11.2 Å². The highest BCUT2D eigenvalue weighted by Gasteiger charge is 2.19. The summed E-state index contributed by atoms with van der Waals surface area (Å²) >= 11 is 6.04. The number of amides is 1. The third-order valence-corrected chi connectivity index (χ3v) is 6.23. The molecule has 3 aromatic carbocycles. The predicted octanol–water partition coefficient (Wildman–Crippen LogP) is 7.09. The number of hydrogen-bond donors (Lipinski definition) is 1. The van der Waals surface area contributed by atoms with Crippen molar-refractivity contribution in [1.82, 2.24) is 0 Å². The van der Waals surface area contributed by atoms with Crippen LogP contribution in [0.4, 0.5) is 5.69 Å². The number of benzene rings is 3. The van der Waals surface area contributed by atoms with Crippen LogP contribution < -0.4 is 15.5 Å². The summed E-state index contributed by atoms with van der Waals surface area (Å²) in [5.41, 5.74) is 4.65. The Kier molecular flexibility index (Phi) is 7.57. The van der Waals surface area contributed by atoms with Crippen LogP contribution in [0.25, 0.3) is 22.3 Å². The highest BCUT2D eigenvalue weighted by molar-refractivity contribution is 6.30. The lowest BCUT2D eigenvalue weighted by Crippen LogP contribution is -2.22. The lowest BCUT2D eigenvalue weighted by atomic mass is 10.0. The molecule has 0 saturated heterocycles. The standard InChI is InChI=1S/C29H28ClNO4/c1-4-5-6-20-7-13-23(14-8-20)31-26(32)17-34-29-27(33)24-15-18(2)19(3)16-25(24)35-28(29)21-9-11-22(30)12-10-21/h7-16H,4-6,17H2,1-3H3,(H,31,32). The molecule has 0 fully saturated rings. The van der Waals surface area contributed by atoms with Gasteiger partial charge in [-0.2, -0.15) is 0 Å². The van der Waals surface area contributed by atoms with Gasteiger partial charge in [0, 0.05) is 16.3 Å². The minimum absolute atomic E-state index is 0.00635. The van der Waals surface area contributed by atoms with Crippen molar-refractivity contribution in [2.24, 2.45) is 0 Å². The molecule has 1 aromatic heterocycles. The molecule has 1 heterocycles. The number of hydrogen-bond acceptors (Lipinski definition) is 4.